The molecule has 2 N–H and O–H groups in total. The van der Waals surface area contributed by atoms with Gasteiger partial charge in [0, 0.05) is 5.56 Å². The number of ether oxygens (including phenoxy) is 1. The third-order valence-corrected chi connectivity index (χ3v) is 7.45. The zero-order chi connectivity index (χ0) is 26.4. The van der Waals surface area contributed by atoms with Crippen molar-refractivity contribution >= 4 is 44.1 Å². The number of ketones is 1. The fourth-order valence-corrected chi connectivity index (χ4v) is 5.67. The van der Waals surface area contributed by atoms with Crippen LogP contribution in [0.5, 0.6) is 11.5 Å². The second-order valence-electron chi connectivity index (χ2n) is 9.12. The van der Waals surface area contributed by atoms with Crippen molar-refractivity contribution in [3.05, 3.63) is 88.0 Å². The monoisotopic (exact) mass is 514 g/mol. The van der Waals surface area contributed by atoms with Crippen LogP contribution in [0.15, 0.2) is 60.2 Å². The summed E-state index contributed by atoms with van der Waals surface area (Å²) in [5.74, 6) is -1.68. The first kappa shape index (κ1) is 24.5. The van der Waals surface area contributed by atoms with E-state index < -0.39 is 17.7 Å². The Morgan fingerprint density at radius 1 is 1.03 bits per heavy atom. The maximum atomic E-state index is 13.5. The molecular formula is C29H26N2O5S. The van der Waals surface area contributed by atoms with Gasteiger partial charge in [-0.2, -0.15) is 0 Å². The maximum absolute atomic E-state index is 13.5. The van der Waals surface area contributed by atoms with Crippen molar-refractivity contribution in [3.63, 3.8) is 0 Å². The van der Waals surface area contributed by atoms with Gasteiger partial charge in [-0.15, -0.1) is 0 Å². The van der Waals surface area contributed by atoms with Crippen molar-refractivity contribution in [2.45, 2.75) is 33.7 Å². The second kappa shape index (κ2) is 9.37. The Kier molecular flexibility index (Phi) is 6.21. The average Bonchev–Trinajstić information content (AvgIpc) is 3.39. The minimum atomic E-state index is -0.971. The summed E-state index contributed by atoms with van der Waals surface area (Å²) in [5.41, 5.74) is 4.38. The van der Waals surface area contributed by atoms with Gasteiger partial charge in [0.25, 0.3) is 5.78 Å². The van der Waals surface area contributed by atoms with Crippen LogP contribution in [-0.4, -0.2) is 33.5 Å². The Bertz CT molecular complexity index is 1600. The number of aromatic hydroxyl groups is 1. The van der Waals surface area contributed by atoms with Gasteiger partial charge in [-0.05, 0) is 74.7 Å². The molecule has 8 heteroatoms. The lowest BCUT2D eigenvalue weighted by Crippen LogP contribution is -2.29. The molecule has 4 aromatic rings. The summed E-state index contributed by atoms with van der Waals surface area (Å²) >= 11 is 1.30. The first-order valence-electron chi connectivity index (χ1n) is 11.9. The maximum Gasteiger partial charge on any atom is 0.301 e. The number of aryl methyl sites for hydroxylation is 3. The molecular weight excluding hydrogens is 488 g/mol. The fraction of sp³-hybridized carbons (Fsp3) is 0.207. The van der Waals surface area contributed by atoms with Crippen LogP contribution in [0.1, 0.15) is 40.8 Å². The highest BCUT2D eigenvalue weighted by molar-refractivity contribution is 7.22. The zero-order valence-electron chi connectivity index (χ0n) is 20.9. The number of thiazole rings is 1. The summed E-state index contributed by atoms with van der Waals surface area (Å²) in [6.45, 7) is 7.81. The highest BCUT2D eigenvalue weighted by Crippen LogP contribution is 2.46. The van der Waals surface area contributed by atoms with Crippen molar-refractivity contribution in [1.29, 1.82) is 0 Å². The number of phenolic OH excluding ortho intramolecular Hbond substituents is 1. The van der Waals surface area contributed by atoms with Gasteiger partial charge < -0.3 is 14.9 Å². The Balaban J connectivity index is 1.77. The van der Waals surface area contributed by atoms with Gasteiger partial charge in [0.2, 0.25) is 0 Å². The first-order chi connectivity index (χ1) is 17.7. The van der Waals surface area contributed by atoms with Gasteiger partial charge in [-0.1, -0.05) is 41.2 Å². The standard InChI is InChI=1S/C29H26N2O5S/c1-5-36-22-14-18(9-11-21(22)32)25-24(26(33)19-12-15(2)6-8-17(19)4)27(34)28(35)31(25)29-30-20-10-7-16(3)13-23(20)37-29/h6-14,25,32-33H,5H2,1-4H3/b26-24+. The summed E-state index contributed by atoms with van der Waals surface area (Å²) in [7, 11) is 0. The van der Waals surface area contributed by atoms with Crippen LogP contribution in [-0.2, 0) is 9.59 Å². The van der Waals surface area contributed by atoms with Gasteiger partial charge in [-0.3, -0.25) is 14.5 Å². The molecule has 188 valence electrons. The Labute approximate surface area is 218 Å². The number of Topliss-reactive ketones (excluding diaryl/α,β-unsaturated/α-hetero) is 1. The lowest BCUT2D eigenvalue weighted by atomic mass is 9.93. The minimum Gasteiger partial charge on any atom is -0.507 e. The quantitative estimate of drug-likeness (QED) is 0.194. The van der Waals surface area contributed by atoms with Crippen molar-refractivity contribution < 1.29 is 24.5 Å². The molecule has 0 radical (unpaired) electrons. The van der Waals surface area contributed by atoms with Crippen LogP contribution < -0.4 is 9.64 Å². The molecule has 0 bridgehead atoms. The number of hydrogen-bond acceptors (Lipinski definition) is 7. The van der Waals surface area contributed by atoms with Gasteiger partial charge in [-0.25, -0.2) is 4.98 Å². The number of benzene rings is 3. The molecule has 0 spiro atoms. The first-order valence-corrected chi connectivity index (χ1v) is 12.7. The summed E-state index contributed by atoms with van der Waals surface area (Å²) < 4.78 is 6.46. The van der Waals surface area contributed by atoms with Crippen molar-refractivity contribution in [2.75, 3.05) is 11.5 Å². The number of aliphatic hydroxyl groups is 1. The van der Waals surface area contributed by atoms with Gasteiger partial charge in [0.1, 0.15) is 5.76 Å². The van der Waals surface area contributed by atoms with Crippen LogP contribution >= 0.6 is 11.3 Å². The summed E-state index contributed by atoms with van der Waals surface area (Å²) in [6, 6.07) is 15.1. The molecule has 1 amide bonds. The molecule has 7 nitrogen and oxygen atoms in total. The van der Waals surface area contributed by atoms with E-state index in [1.165, 1.54) is 22.3 Å². The van der Waals surface area contributed by atoms with E-state index >= 15 is 0 Å². The van der Waals surface area contributed by atoms with Gasteiger partial charge in [0.05, 0.1) is 28.4 Å². The summed E-state index contributed by atoms with van der Waals surface area (Å²) in [4.78, 5) is 33.0. The van der Waals surface area contributed by atoms with Crippen molar-refractivity contribution in [3.8, 4) is 11.5 Å². The Hall–Kier alpha value is -4.17. The van der Waals surface area contributed by atoms with Crippen LogP contribution in [0.25, 0.3) is 16.0 Å². The number of fused-ring (bicyclic) bond motifs is 1. The van der Waals surface area contributed by atoms with E-state index in [-0.39, 0.29) is 22.8 Å². The molecule has 3 aromatic carbocycles. The SMILES string of the molecule is CCOc1cc(C2/C(=C(\O)c3cc(C)ccc3C)C(=O)C(=O)N2c2nc3ccc(C)cc3s2)ccc1O. The molecule has 1 aliphatic rings. The number of aliphatic hydroxyl groups excluding tert-OH is 1. The molecule has 1 atom stereocenters. The molecule has 37 heavy (non-hydrogen) atoms. The number of rotatable bonds is 5. The van der Waals surface area contributed by atoms with E-state index in [2.05, 4.69) is 4.98 Å². The molecule has 0 saturated carbocycles. The van der Waals surface area contributed by atoms with Gasteiger partial charge >= 0.3 is 5.91 Å². The normalized spacial score (nSPS) is 17.1. The van der Waals surface area contributed by atoms with Crippen LogP contribution in [0.3, 0.4) is 0 Å². The van der Waals surface area contributed by atoms with Crippen LogP contribution in [0.2, 0.25) is 0 Å². The smallest absolute Gasteiger partial charge is 0.301 e. The molecule has 1 fully saturated rings. The third-order valence-electron chi connectivity index (χ3n) is 6.43. The molecule has 1 unspecified atom stereocenters. The largest absolute Gasteiger partial charge is 0.507 e. The lowest BCUT2D eigenvalue weighted by Gasteiger charge is -2.24. The number of aromatic nitrogens is 1. The number of amides is 1. The molecule has 1 saturated heterocycles. The molecule has 1 aromatic heterocycles. The minimum absolute atomic E-state index is 0.0396. The van der Waals surface area contributed by atoms with Crippen LogP contribution in [0, 0.1) is 20.8 Å². The molecule has 5 rings (SSSR count). The van der Waals surface area contributed by atoms with E-state index in [9.17, 15) is 19.8 Å². The van der Waals surface area contributed by atoms with Gasteiger partial charge in [0.15, 0.2) is 16.6 Å². The number of carbonyl (C=O) groups is 2. The average molecular weight is 515 g/mol. The predicted molar refractivity (Wildman–Crippen MR) is 144 cm³/mol. The van der Waals surface area contributed by atoms with E-state index in [1.54, 1.807) is 25.1 Å². The number of hydrogen-bond donors (Lipinski definition) is 2. The number of anilines is 1. The van der Waals surface area contributed by atoms with Crippen molar-refractivity contribution in [1.82, 2.24) is 4.98 Å². The Morgan fingerprint density at radius 3 is 2.51 bits per heavy atom. The topological polar surface area (TPSA) is 100.0 Å². The predicted octanol–water partition coefficient (Wildman–Crippen LogP) is 5.95. The Morgan fingerprint density at radius 2 is 1.76 bits per heavy atom. The van der Waals surface area contributed by atoms with Crippen LogP contribution in [0.4, 0.5) is 5.13 Å². The molecule has 2 heterocycles. The third kappa shape index (κ3) is 4.23. The van der Waals surface area contributed by atoms with E-state index in [1.807, 2.05) is 51.1 Å². The summed E-state index contributed by atoms with van der Waals surface area (Å²) in [5, 5.41) is 22.1. The second-order valence-corrected chi connectivity index (χ2v) is 10.1. The van der Waals surface area contributed by atoms with E-state index in [0.29, 0.717) is 28.4 Å². The lowest BCUT2D eigenvalue weighted by molar-refractivity contribution is -0.132. The molecule has 0 aliphatic carbocycles. The van der Waals surface area contributed by atoms with E-state index in [0.717, 1.165) is 21.4 Å². The molecule has 1 aliphatic heterocycles. The zero-order valence-corrected chi connectivity index (χ0v) is 21.7. The number of phenols is 1. The highest BCUT2D eigenvalue weighted by atomic mass is 32.1. The van der Waals surface area contributed by atoms with Crippen molar-refractivity contribution in [2.24, 2.45) is 0 Å². The number of carbonyl (C=O) groups excluding carboxylic acids is 2. The van der Waals surface area contributed by atoms with E-state index in [4.69, 9.17) is 4.74 Å². The highest BCUT2D eigenvalue weighted by Gasteiger charge is 2.48. The fourth-order valence-electron chi connectivity index (χ4n) is 4.58. The number of nitrogens with zero attached hydrogens (tertiary/aromatic N) is 2. The summed E-state index contributed by atoms with van der Waals surface area (Å²) in [6.07, 6.45) is 0.